The third-order valence-electron chi connectivity index (χ3n) is 3.95. The summed E-state index contributed by atoms with van der Waals surface area (Å²) >= 11 is 0. The molecule has 0 radical (unpaired) electrons. The molecule has 4 heteroatoms. The minimum atomic E-state index is -1.17. The SMILES string of the molecule is Cc1ccc(N(c2ccc(C)cc2)c2ccc(C(=O)[O-])cc2)cc1.[Cs+]. The van der Waals surface area contributed by atoms with E-state index in [4.69, 9.17) is 0 Å². The zero-order chi connectivity index (χ0) is 17.1. The van der Waals surface area contributed by atoms with Crippen LogP contribution in [0.25, 0.3) is 0 Å². The summed E-state index contributed by atoms with van der Waals surface area (Å²) in [7, 11) is 0. The van der Waals surface area contributed by atoms with Gasteiger partial charge < -0.3 is 14.8 Å². The van der Waals surface area contributed by atoms with Gasteiger partial charge in [-0.1, -0.05) is 47.5 Å². The van der Waals surface area contributed by atoms with E-state index in [0.717, 1.165) is 17.1 Å². The molecule has 0 N–H and O–H groups in total. The third kappa shape index (κ3) is 5.00. The van der Waals surface area contributed by atoms with Crippen molar-refractivity contribution < 1.29 is 78.8 Å². The molecule has 0 amide bonds. The first kappa shape index (κ1) is 20.3. The minimum Gasteiger partial charge on any atom is -0.545 e. The predicted molar refractivity (Wildman–Crippen MR) is 94.9 cm³/mol. The molecule has 3 aromatic carbocycles. The van der Waals surface area contributed by atoms with Crippen molar-refractivity contribution in [2.75, 3.05) is 4.90 Å². The topological polar surface area (TPSA) is 43.4 Å². The summed E-state index contributed by atoms with van der Waals surface area (Å²) in [6.45, 7) is 4.10. The number of hydrogen-bond acceptors (Lipinski definition) is 3. The van der Waals surface area contributed by atoms with Gasteiger partial charge in [0, 0.05) is 17.1 Å². The van der Waals surface area contributed by atoms with Crippen LogP contribution in [0.15, 0.2) is 72.8 Å². The zero-order valence-corrected chi connectivity index (χ0v) is 21.0. The quantitative estimate of drug-likeness (QED) is 0.601. The second kappa shape index (κ2) is 9.07. The van der Waals surface area contributed by atoms with Crippen molar-refractivity contribution >= 4 is 23.0 Å². The average Bonchev–Trinajstić information content (AvgIpc) is 2.59. The number of carboxylic acids is 1. The van der Waals surface area contributed by atoms with E-state index >= 15 is 0 Å². The molecule has 3 nitrogen and oxygen atoms in total. The average molecular weight is 449 g/mol. The molecule has 0 aliphatic heterocycles. The number of rotatable bonds is 4. The smallest absolute Gasteiger partial charge is 0.545 e. The molecule has 0 unspecified atom stereocenters. The van der Waals surface area contributed by atoms with Gasteiger partial charge in [0.2, 0.25) is 0 Å². The molecular formula is C21H18CsNO2. The van der Waals surface area contributed by atoms with E-state index in [9.17, 15) is 9.90 Å². The summed E-state index contributed by atoms with van der Waals surface area (Å²) < 4.78 is 0. The molecule has 0 aliphatic rings. The summed E-state index contributed by atoms with van der Waals surface area (Å²) in [5.74, 6) is -1.17. The van der Waals surface area contributed by atoms with E-state index in [1.54, 1.807) is 24.3 Å². The first-order chi connectivity index (χ1) is 11.5. The monoisotopic (exact) mass is 449 g/mol. The molecule has 0 atom stereocenters. The minimum absolute atomic E-state index is 0. The van der Waals surface area contributed by atoms with Crippen LogP contribution >= 0.6 is 0 Å². The van der Waals surface area contributed by atoms with Gasteiger partial charge in [0.1, 0.15) is 0 Å². The van der Waals surface area contributed by atoms with Crippen LogP contribution in [0.1, 0.15) is 21.5 Å². The van der Waals surface area contributed by atoms with Crippen LogP contribution in [0.3, 0.4) is 0 Å². The van der Waals surface area contributed by atoms with Crippen LogP contribution < -0.4 is 78.9 Å². The van der Waals surface area contributed by atoms with Crippen molar-refractivity contribution in [2.24, 2.45) is 0 Å². The van der Waals surface area contributed by atoms with Crippen molar-refractivity contribution in [3.8, 4) is 0 Å². The summed E-state index contributed by atoms with van der Waals surface area (Å²) in [6.07, 6.45) is 0. The van der Waals surface area contributed by atoms with Crippen LogP contribution in [0.2, 0.25) is 0 Å². The summed E-state index contributed by atoms with van der Waals surface area (Å²) in [5.41, 5.74) is 5.49. The number of carbonyl (C=O) groups is 1. The van der Waals surface area contributed by atoms with Gasteiger partial charge in [0.05, 0.1) is 5.97 Å². The number of carbonyl (C=O) groups excluding carboxylic acids is 1. The largest absolute Gasteiger partial charge is 1.00 e. The first-order valence-electron chi connectivity index (χ1n) is 7.79. The van der Waals surface area contributed by atoms with E-state index in [0.29, 0.717) is 0 Å². The number of anilines is 3. The van der Waals surface area contributed by atoms with Crippen molar-refractivity contribution in [1.82, 2.24) is 0 Å². The Morgan fingerprint density at radius 1 is 0.680 bits per heavy atom. The maximum atomic E-state index is 11.0. The molecule has 0 heterocycles. The molecule has 0 saturated carbocycles. The zero-order valence-electron chi connectivity index (χ0n) is 14.7. The molecule has 120 valence electrons. The van der Waals surface area contributed by atoms with Gasteiger partial charge >= 0.3 is 68.9 Å². The van der Waals surface area contributed by atoms with E-state index in [2.05, 4.69) is 67.3 Å². The molecule has 0 saturated heterocycles. The van der Waals surface area contributed by atoms with E-state index < -0.39 is 5.97 Å². The predicted octanol–water partition coefficient (Wildman–Crippen LogP) is 1.14. The summed E-state index contributed by atoms with van der Waals surface area (Å²) in [5, 5.41) is 11.0. The molecule has 3 aromatic rings. The molecule has 0 fully saturated rings. The molecule has 3 rings (SSSR count). The van der Waals surface area contributed by atoms with Gasteiger partial charge in [-0.05, 0) is 55.8 Å². The fraction of sp³-hybridized carbons (Fsp3) is 0.0952. The Morgan fingerprint density at radius 3 is 1.32 bits per heavy atom. The first-order valence-corrected chi connectivity index (χ1v) is 7.79. The third-order valence-corrected chi connectivity index (χ3v) is 3.95. The Morgan fingerprint density at radius 2 is 1.00 bits per heavy atom. The molecular weight excluding hydrogens is 431 g/mol. The van der Waals surface area contributed by atoms with Gasteiger partial charge in [-0.25, -0.2) is 0 Å². The molecule has 0 aliphatic carbocycles. The van der Waals surface area contributed by atoms with Crippen LogP contribution in [0.5, 0.6) is 0 Å². The standard InChI is InChI=1S/C21H19NO2.Cs/c1-15-3-9-18(10-4-15)22(19-11-5-16(2)6-12-19)20-13-7-17(8-14-20)21(23)24;/h3-14H,1-2H3,(H,23,24);/q;+1/p-1. The number of aryl methyl sites for hydroxylation is 2. The van der Waals surface area contributed by atoms with Gasteiger partial charge in [0.15, 0.2) is 0 Å². The number of nitrogens with zero attached hydrogens (tertiary/aromatic N) is 1. The van der Waals surface area contributed by atoms with Crippen molar-refractivity contribution in [1.29, 1.82) is 0 Å². The van der Waals surface area contributed by atoms with Gasteiger partial charge in [-0.15, -0.1) is 0 Å². The maximum absolute atomic E-state index is 11.0. The Balaban J connectivity index is 0.00000225. The number of benzene rings is 3. The van der Waals surface area contributed by atoms with E-state index in [1.165, 1.54) is 11.1 Å². The van der Waals surface area contributed by atoms with Gasteiger partial charge in [-0.2, -0.15) is 0 Å². The summed E-state index contributed by atoms with van der Waals surface area (Å²) in [4.78, 5) is 13.1. The maximum Gasteiger partial charge on any atom is 1.00 e. The Hall–Kier alpha value is -1.02. The molecule has 25 heavy (non-hydrogen) atoms. The Kier molecular flexibility index (Phi) is 7.37. The number of aromatic carboxylic acids is 1. The van der Waals surface area contributed by atoms with Crippen LogP contribution in [0, 0.1) is 13.8 Å². The van der Waals surface area contributed by atoms with Gasteiger partial charge in [-0.3, -0.25) is 0 Å². The van der Waals surface area contributed by atoms with Gasteiger partial charge in [0.25, 0.3) is 0 Å². The molecule has 0 bridgehead atoms. The Bertz CT molecular complexity index is 795. The van der Waals surface area contributed by atoms with Crippen molar-refractivity contribution in [3.05, 3.63) is 89.5 Å². The Labute approximate surface area is 207 Å². The second-order valence-electron chi connectivity index (χ2n) is 5.84. The molecule has 0 spiro atoms. The molecule has 0 aromatic heterocycles. The van der Waals surface area contributed by atoms with E-state index in [1.807, 2.05) is 0 Å². The number of hydrogen-bond donors (Lipinski definition) is 0. The van der Waals surface area contributed by atoms with Crippen molar-refractivity contribution in [2.45, 2.75) is 13.8 Å². The fourth-order valence-electron chi connectivity index (χ4n) is 2.58. The second-order valence-corrected chi connectivity index (χ2v) is 5.84. The fourth-order valence-corrected chi connectivity index (χ4v) is 2.58. The van der Waals surface area contributed by atoms with Crippen molar-refractivity contribution in [3.63, 3.8) is 0 Å². The number of carboxylic acid groups (broad SMARTS) is 1. The van der Waals surface area contributed by atoms with Crippen LogP contribution in [-0.2, 0) is 0 Å². The van der Waals surface area contributed by atoms with E-state index in [-0.39, 0.29) is 74.5 Å². The van der Waals surface area contributed by atoms with Crippen LogP contribution in [0.4, 0.5) is 17.1 Å². The van der Waals surface area contributed by atoms with Crippen LogP contribution in [-0.4, -0.2) is 5.97 Å². The normalized spacial score (nSPS) is 10.0. The summed E-state index contributed by atoms with van der Waals surface area (Å²) in [6, 6.07) is 23.2.